The molecule has 1 N–H and O–H groups in total. The molecule has 3 rings (SSSR count). The summed E-state index contributed by atoms with van der Waals surface area (Å²) in [5, 5.41) is 9.68. The second kappa shape index (κ2) is 7.94. The van der Waals surface area contributed by atoms with E-state index in [0.717, 1.165) is 18.8 Å². The number of piperidine rings is 2. The summed E-state index contributed by atoms with van der Waals surface area (Å²) in [4.78, 5) is 28.7. The van der Waals surface area contributed by atoms with Crippen LogP contribution in [0.4, 0.5) is 5.69 Å². The molecule has 140 valence electrons. The highest BCUT2D eigenvalue weighted by atomic mass is 16.4. The van der Waals surface area contributed by atoms with Gasteiger partial charge in [0.2, 0.25) is 0 Å². The predicted molar refractivity (Wildman–Crippen MR) is 103 cm³/mol. The predicted octanol–water partition coefficient (Wildman–Crippen LogP) is 3.56. The van der Waals surface area contributed by atoms with E-state index in [1.807, 2.05) is 24.3 Å². The molecule has 1 amide bonds. The smallest absolute Gasteiger partial charge is 0.311 e. The molecule has 0 aromatic heterocycles. The van der Waals surface area contributed by atoms with Crippen molar-refractivity contribution in [3.8, 4) is 0 Å². The fourth-order valence-electron chi connectivity index (χ4n) is 4.16. The largest absolute Gasteiger partial charge is 0.481 e. The fourth-order valence-corrected chi connectivity index (χ4v) is 4.16. The van der Waals surface area contributed by atoms with Crippen LogP contribution in [0.25, 0.3) is 0 Å². The quantitative estimate of drug-likeness (QED) is 0.820. The lowest BCUT2D eigenvalue weighted by molar-refractivity contribution is -0.151. The molecule has 1 aromatic rings. The van der Waals surface area contributed by atoms with Gasteiger partial charge in [0.25, 0.3) is 5.91 Å². The van der Waals surface area contributed by atoms with Crippen LogP contribution in [-0.2, 0) is 4.79 Å². The number of hydrogen-bond donors (Lipinski definition) is 1. The molecule has 2 aliphatic heterocycles. The standard InChI is InChI=1S/C21H28N2O3/c1-2-11-21(20(25)26)12-6-15-23(16-21)19(24)17-7-9-18(10-8-17)22-13-4-3-5-14-22/h2,7-10H,1,3-6,11-16H2,(H,25,26). The molecule has 0 saturated carbocycles. The Kier molecular flexibility index (Phi) is 5.64. The number of anilines is 1. The number of allylic oxidation sites excluding steroid dienone is 1. The SMILES string of the molecule is C=CCC1(C(=O)O)CCCN(C(=O)c2ccc(N3CCCCC3)cc2)C1. The Morgan fingerprint density at radius 1 is 1.08 bits per heavy atom. The van der Waals surface area contributed by atoms with Gasteiger partial charge in [-0.25, -0.2) is 0 Å². The zero-order chi connectivity index (χ0) is 18.6. The Bertz CT molecular complexity index is 664. The first-order valence-electron chi connectivity index (χ1n) is 9.54. The lowest BCUT2D eigenvalue weighted by atomic mass is 9.77. The van der Waals surface area contributed by atoms with E-state index in [1.54, 1.807) is 11.0 Å². The van der Waals surface area contributed by atoms with Crippen molar-refractivity contribution in [2.45, 2.75) is 38.5 Å². The van der Waals surface area contributed by atoms with Gasteiger partial charge < -0.3 is 14.9 Å². The third kappa shape index (κ3) is 3.76. The normalized spacial score (nSPS) is 23.5. The van der Waals surface area contributed by atoms with Gasteiger partial charge in [0.05, 0.1) is 5.41 Å². The molecule has 1 unspecified atom stereocenters. The van der Waals surface area contributed by atoms with Gasteiger partial charge in [-0.05, 0) is 62.8 Å². The van der Waals surface area contributed by atoms with E-state index in [9.17, 15) is 14.7 Å². The first kappa shape index (κ1) is 18.5. The maximum Gasteiger partial charge on any atom is 0.311 e. The number of benzene rings is 1. The van der Waals surface area contributed by atoms with Gasteiger partial charge in [0, 0.05) is 37.4 Å². The van der Waals surface area contributed by atoms with Crippen LogP contribution in [0.5, 0.6) is 0 Å². The second-order valence-electron chi connectivity index (χ2n) is 7.50. The van der Waals surface area contributed by atoms with E-state index in [4.69, 9.17) is 0 Å². The summed E-state index contributed by atoms with van der Waals surface area (Å²) in [5.74, 6) is -0.917. The summed E-state index contributed by atoms with van der Waals surface area (Å²) in [6.45, 7) is 6.70. The number of carbonyl (C=O) groups excluding carboxylic acids is 1. The van der Waals surface area contributed by atoms with Gasteiger partial charge in [-0.1, -0.05) is 6.08 Å². The van der Waals surface area contributed by atoms with Crippen molar-refractivity contribution >= 4 is 17.6 Å². The minimum atomic E-state index is -0.899. The van der Waals surface area contributed by atoms with Crippen LogP contribution >= 0.6 is 0 Å². The van der Waals surface area contributed by atoms with Crippen molar-refractivity contribution in [2.24, 2.45) is 5.41 Å². The van der Waals surface area contributed by atoms with Gasteiger partial charge in [-0.3, -0.25) is 9.59 Å². The topological polar surface area (TPSA) is 60.9 Å². The van der Waals surface area contributed by atoms with Crippen LogP contribution in [-0.4, -0.2) is 48.1 Å². The van der Waals surface area contributed by atoms with E-state index in [-0.39, 0.29) is 12.5 Å². The molecular weight excluding hydrogens is 328 g/mol. The molecule has 1 aromatic carbocycles. The molecule has 26 heavy (non-hydrogen) atoms. The summed E-state index contributed by atoms with van der Waals surface area (Å²) in [5.41, 5.74) is 0.889. The van der Waals surface area contributed by atoms with E-state index in [2.05, 4.69) is 11.5 Å². The summed E-state index contributed by atoms with van der Waals surface area (Å²) < 4.78 is 0. The Balaban J connectivity index is 1.71. The van der Waals surface area contributed by atoms with E-state index < -0.39 is 11.4 Å². The van der Waals surface area contributed by atoms with Crippen molar-refractivity contribution in [1.82, 2.24) is 4.90 Å². The lowest BCUT2D eigenvalue weighted by Gasteiger charge is -2.39. The highest BCUT2D eigenvalue weighted by Gasteiger charge is 2.42. The van der Waals surface area contributed by atoms with Crippen LogP contribution in [0, 0.1) is 5.41 Å². The summed E-state index contributed by atoms with van der Waals surface area (Å²) in [6.07, 6.45) is 7.06. The van der Waals surface area contributed by atoms with E-state index in [1.165, 1.54) is 19.3 Å². The third-order valence-electron chi connectivity index (χ3n) is 5.69. The van der Waals surface area contributed by atoms with Crippen molar-refractivity contribution < 1.29 is 14.7 Å². The van der Waals surface area contributed by atoms with Crippen molar-refractivity contribution in [1.29, 1.82) is 0 Å². The van der Waals surface area contributed by atoms with Crippen LogP contribution in [0.15, 0.2) is 36.9 Å². The zero-order valence-electron chi connectivity index (χ0n) is 15.3. The lowest BCUT2D eigenvalue weighted by Crippen LogP contribution is -2.49. The molecule has 0 bridgehead atoms. The van der Waals surface area contributed by atoms with Crippen LogP contribution in [0.1, 0.15) is 48.9 Å². The number of hydrogen-bond acceptors (Lipinski definition) is 3. The fraction of sp³-hybridized carbons (Fsp3) is 0.524. The summed E-state index contributed by atoms with van der Waals surface area (Å²) in [6, 6.07) is 7.76. The average Bonchev–Trinajstić information content (AvgIpc) is 2.68. The molecular formula is C21H28N2O3. The Morgan fingerprint density at radius 2 is 1.77 bits per heavy atom. The summed E-state index contributed by atoms with van der Waals surface area (Å²) in [7, 11) is 0. The molecule has 5 heteroatoms. The maximum atomic E-state index is 12.9. The van der Waals surface area contributed by atoms with Crippen LogP contribution in [0.3, 0.4) is 0 Å². The van der Waals surface area contributed by atoms with Crippen LogP contribution < -0.4 is 4.90 Å². The number of nitrogens with zero attached hydrogens (tertiary/aromatic N) is 2. The number of carboxylic acids is 1. The number of amides is 1. The van der Waals surface area contributed by atoms with Gasteiger partial charge >= 0.3 is 5.97 Å². The molecule has 5 nitrogen and oxygen atoms in total. The Labute approximate surface area is 155 Å². The molecule has 2 heterocycles. The molecule has 0 aliphatic carbocycles. The molecule has 0 radical (unpaired) electrons. The molecule has 2 aliphatic rings. The van der Waals surface area contributed by atoms with E-state index in [0.29, 0.717) is 31.4 Å². The minimum absolute atomic E-state index is 0.0791. The third-order valence-corrected chi connectivity index (χ3v) is 5.69. The Morgan fingerprint density at radius 3 is 2.38 bits per heavy atom. The number of carbonyl (C=O) groups is 2. The highest BCUT2D eigenvalue weighted by molar-refractivity contribution is 5.95. The molecule has 0 spiro atoms. The maximum absolute atomic E-state index is 12.9. The first-order chi connectivity index (χ1) is 12.6. The minimum Gasteiger partial charge on any atom is -0.481 e. The molecule has 1 atom stereocenters. The molecule has 2 fully saturated rings. The van der Waals surface area contributed by atoms with E-state index >= 15 is 0 Å². The molecule has 2 saturated heterocycles. The van der Waals surface area contributed by atoms with Crippen molar-refractivity contribution in [2.75, 3.05) is 31.1 Å². The van der Waals surface area contributed by atoms with Gasteiger partial charge in [-0.15, -0.1) is 6.58 Å². The van der Waals surface area contributed by atoms with Crippen molar-refractivity contribution in [3.63, 3.8) is 0 Å². The number of carboxylic acid groups (broad SMARTS) is 1. The summed E-state index contributed by atoms with van der Waals surface area (Å²) >= 11 is 0. The Hall–Kier alpha value is -2.30. The number of aliphatic carboxylic acids is 1. The van der Waals surface area contributed by atoms with Gasteiger partial charge in [0.15, 0.2) is 0 Å². The number of likely N-dealkylation sites (tertiary alicyclic amines) is 1. The van der Waals surface area contributed by atoms with Gasteiger partial charge in [-0.2, -0.15) is 0 Å². The average molecular weight is 356 g/mol. The van der Waals surface area contributed by atoms with Crippen molar-refractivity contribution in [3.05, 3.63) is 42.5 Å². The van der Waals surface area contributed by atoms with Gasteiger partial charge in [0.1, 0.15) is 0 Å². The van der Waals surface area contributed by atoms with Crippen LogP contribution in [0.2, 0.25) is 0 Å². The highest BCUT2D eigenvalue weighted by Crippen LogP contribution is 2.35. The number of rotatable bonds is 5. The second-order valence-corrected chi connectivity index (χ2v) is 7.50. The zero-order valence-corrected chi connectivity index (χ0v) is 15.3. The monoisotopic (exact) mass is 356 g/mol. The first-order valence-corrected chi connectivity index (χ1v) is 9.54.